The van der Waals surface area contributed by atoms with Crippen LogP contribution < -0.4 is 10.6 Å². The van der Waals surface area contributed by atoms with Gasteiger partial charge in [-0.15, -0.1) is 0 Å². The zero-order chi connectivity index (χ0) is 33.9. The number of nitrogens with zero attached hydrogens (tertiary/aromatic N) is 1. The minimum Gasteiger partial charge on any atom is -0.341 e. The van der Waals surface area contributed by atoms with E-state index in [9.17, 15) is 40.7 Å². The van der Waals surface area contributed by atoms with Gasteiger partial charge in [-0.05, 0) is 65.4 Å². The molecular weight excluding hydrogens is 624 g/mol. The van der Waals surface area contributed by atoms with Crippen molar-refractivity contribution in [3.63, 3.8) is 0 Å². The molecule has 0 fully saturated rings. The molecule has 244 valence electrons. The molecule has 0 saturated heterocycles. The van der Waals surface area contributed by atoms with Crippen LogP contribution in [0.2, 0.25) is 0 Å². The Balaban J connectivity index is 1.42. The van der Waals surface area contributed by atoms with Crippen LogP contribution in [0.4, 0.5) is 32.0 Å². The lowest BCUT2D eigenvalue weighted by Gasteiger charge is -2.27. The van der Waals surface area contributed by atoms with Gasteiger partial charge in [0.25, 0.3) is 5.91 Å². The van der Waals surface area contributed by atoms with Crippen molar-refractivity contribution in [1.29, 1.82) is 0 Å². The van der Waals surface area contributed by atoms with Crippen LogP contribution in [0.25, 0.3) is 10.8 Å². The monoisotopic (exact) mass is 653 g/mol. The van der Waals surface area contributed by atoms with Crippen LogP contribution >= 0.6 is 0 Å². The quantitative estimate of drug-likeness (QED) is 0.164. The lowest BCUT2D eigenvalue weighted by Crippen LogP contribution is -2.43. The summed E-state index contributed by atoms with van der Waals surface area (Å²) in [6.45, 7) is 0. The molecule has 3 amide bonds. The van der Waals surface area contributed by atoms with Gasteiger partial charge in [-0.3, -0.25) is 14.4 Å². The first-order chi connectivity index (χ1) is 22.2. The number of hydrogen-bond acceptors (Lipinski definition) is 3. The zero-order valence-corrected chi connectivity index (χ0v) is 25.0. The average Bonchev–Trinajstić information content (AvgIpc) is 3.19. The summed E-state index contributed by atoms with van der Waals surface area (Å²) in [4.78, 5) is 40.3. The van der Waals surface area contributed by atoms with Crippen molar-refractivity contribution in [2.24, 2.45) is 0 Å². The lowest BCUT2D eigenvalue weighted by molar-refractivity contribution is -0.143. The zero-order valence-electron chi connectivity index (χ0n) is 25.0. The molecule has 4 aromatic rings. The second kappa shape index (κ2) is 13.3. The molecule has 1 aliphatic rings. The number of amides is 3. The molecule has 5 rings (SSSR count). The summed E-state index contributed by atoms with van der Waals surface area (Å²) < 4.78 is 81.2. The van der Waals surface area contributed by atoms with Gasteiger partial charge in [0.15, 0.2) is 0 Å². The number of aryl methyl sites for hydroxylation is 1. The highest BCUT2D eigenvalue weighted by molar-refractivity contribution is 6.00. The van der Waals surface area contributed by atoms with Crippen molar-refractivity contribution in [2.75, 3.05) is 12.4 Å². The molecule has 4 aromatic carbocycles. The SMILES string of the molecule is CN(C(=O)c1cc(C(F)(F)F)cc(C(F)(F)F)c1)C(C=CC(=O)NC1CCc2ccccc2NC1=O)Cc1ccc2ccccc2c1. The predicted molar refractivity (Wildman–Crippen MR) is 164 cm³/mol. The van der Waals surface area contributed by atoms with Crippen LogP contribution in [0.3, 0.4) is 0 Å². The number of nitrogens with one attached hydrogen (secondary N) is 2. The van der Waals surface area contributed by atoms with Gasteiger partial charge in [0.2, 0.25) is 11.8 Å². The number of fused-ring (bicyclic) bond motifs is 2. The van der Waals surface area contributed by atoms with Gasteiger partial charge in [-0.2, -0.15) is 26.3 Å². The Morgan fingerprint density at radius 2 is 1.53 bits per heavy atom. The van der Waals surface area contributed by atoms with Gasteiger partial charge in [-0.1, -0.05) is 66.7 Å². The Morgan fingerprint density at radius 3 is 2.21 bits per heavy atom. The molecule has 0 aromatic heterocycles. The van der Waals surface area contributed by atoms with Gasteiger partial charge in [0, 0.05) is 24.4 Å². The summed E-state index contributed by atoms with van der Waals surface area (Å²) in [5, 5.41) is 7.22. The Labute approximate surface area is 266 Å². The van der Waals surface area contributed by atoms with Crippen molar-refractivity contribution in [2.45, 2.75) is 43.7 Å². The largest absolute Gasteiger partial charge is 0.416 e. The molecular formula is C35H29F6N3O3. The molecule has 0 aliphatic carbocycles. The highest BCUT2D eigenvalue weighted by Crippen LogP contribution is 2.36. The Bertz CT molecular complexity index is 1820. The van der Waals surface area contributed by atoms with Crippen LogP contribution in [0, 0.1) is 0 Å². The molecule has 0 spiro atoms. The Morgan fingerprint density at radius 1 is 0.894 bits per heavy atom. The van der Waals surface area contributed by atoms with E-state index in [0.29, 0.717) is 36.2 Å². The molecule has 2 atom stereocenters. The topological polar surface area (TPSA) is 78.5 Å². The second-order valence-corrected chi connectivity index (χ2v) is 11.3. The van der Waals surface area contributed by atoms with E-state index in [1.54, 1.807) is 18.2 Å². The number of alkyl halides is 6. The minimum absolute atomic E-state index is 0.0459. The number of hydrogen-bond donors (Lipinski definition) is 2. The lowest BCUT2D eigenvalue weighted by atomic mass is 9.99. The highest BCUT2D eigenvalue weighted by atomic mass is 19.4. The molecule has 1 aliphatic heterocycles. The maximum Gasteiger partial charge on any atom is 0.416 e. The summed E-state index contributed by atoms with van der Waals surface area (Å²) in [5.74, 6) is -2.20. The van der Waals surface area contributed by atoms with Gasteiger partial charge in [-0.25, -0.2) is 0 Å². The van der Waals surface area contributed by atoms with Crippen LogP contribution in [0.1, 0.15) is 39.0 Å². The van der Waals surface area contributed by atoms with E-state index in [0.717, 1.165) is 27.3 Å². The van der Waals surface area contributed by atoms with Crippen molar-refractivity contribution in [3.05, 3.63) is 125 Å². The molecule has 0 radical (unpaired) electrons. The van der Waals surface area contributed by atoms with Crippen LogP contribution in [0.15, 0.2) is 97.1 Å². The standard InChI is InChI=1S/C35H29F6N3O3/c1-44(33(47)25-18-26(34(36,37)38)20-27(19-25)35(39,40)41)28(17-21-10-11-22-6-2-3-8-24(22)16-21)13-15-31(45)42-30-14-12-23-7-4-5-9-29(23)43-32(30)46/h2-11,13,15-16,18-20,28,30H,12,14,17H2,1H3,(H,42,45)(H,43,46). The third-order valence-electron chi connectivity index (χ3n) is 7.99. The minimum atomic E-state index is -5.14. The van der Waals surface area contributed by atoms with Crippen molar-refractivity contribution in [3.8, 4) is 0 Å². The summed E-state index contributed by atoms with van der Waals surface area (Å²) in [6, 6.07) is 19.0. The maximum absolute atomic E-state index is 13.5. The van der Waals surface area contributed by atoms with E-state index < -0.39 is 58.8 Å². The van der Waals surface area contributed by atoms with Gasteiger partial charge in [0.1, 0.15) is 6.04 Å². The smallest absolute Gasteiger partial charge is 0.341 e. The van der Waals surface area contributed by atoms with Crippen LogP contribution in [-0.4, -0.2) is 41.8 Å². The van der Waals surface area contributed by atoms with Gasteiger partial charge in [0.05, 0.1) is 17.2 Å². The molecule has 2 N–H and O–H groups in total. The molecule has 1 heterocycles. The normalized spacial score (nSPS) is 15.9. The second-order valence-electron chi connectivity index (χ2n) is 11.3. The molecule has 2 unspecified atom stereocenters. The van der Waals surface area contributed by atoms with E-state index in [-0.39, 0.29) is 12.5 Å². The van der Waals surface area contributed by atoms with E-state index >= 15 is 0 Å². The number of likely N-dealkylation sites (N-methyl/N-ethyl adjacent to an activating group) is 1. The highest BCUT2D eigenvalue weighted by Gasteiger charge is 2.38. The number of benzene rings is 4. The van der Waals surface area contributed by atoms with Gasteiger partial charge < -0.3 is 15.5 Å². The number of halogens is 6. The van der Waals surface area contributed by atoms with E-state index in [4.69, 9.17) is 0 Å². The fourth-order valence-corrected chi connectivity index (χ4v) is 5.44. The van der Waals surface area contributed by atoms with Crippen LogP contribution in [-0.2, 0) is 34.8 Å². The number of carbonyl (C=O) groups excluding carboxylic acids is 3. The Hall–Kier alpha value is -5.13. The van der Waals surface area contributed by atoms with Crippen LogP contribution in [0.5, 0.6) is 0 Å². The van der Waals surface area contributed by atoms with Crippen molar-refractivity contribution in [1.82, 2.24) is 10.2 Å². The number of rotatable bonds is 7. The molecule has 12 heteroatoms. The number of anilines is 1. The summed E-state index contributed by atoms with van der Waals surface area (Å²) in [5.41, 5.74) is -1.80. The predicted octanol–water partition coefficient (Wildman–Crippen LogP) is 7.19. The molecule has 6 nitrogen and oxygen atoms in total. The van der Waals surface area contributed by atoms with Crippen molar-refractivity contribution < 1.29 is 40.7 Å². The summed E-state index contributed by atoms with van der Waals surface area (Å²) >= 11 is 0. The Kier molecular flexibility index (Phi) is 9.41. The first-order valence-corrected chi connectivity index (χ1v) is 14.6. The van der Waals surface area contributed by atoms with Gasteiger partial charge >= 0.3 is 12.4 Å². The van der Waals surface area contributed by atoms with E-state index in [1.165, 1.54) is 13.1 Å². The first kappa shape index (κ1) is 33.2. The first-order valence-electron chi connectivity index (χ1n) is 14.6. The number of carbonyl (C=O) groups is 3. The third kappa shape index (κ3) is 8.00. The molecule has 0 bridgehead atoms. The fourth-order valence-electron chi connectivity index (χ4n) is 5.44. The molecule has 0 saturated carbocycles. The van der Waals surface area contributed by atoms with E-state index in [2.05, 4.69) is 10.6 Å². The number of para-hydroxylation sites is 1. The summed E-state index contributed by atoms with van der Waals surface area (Å²) in [6.07, 6.45) is -6.92. The van der Waals surface area contributed by atoms with E-state index in [1.807, 2.05) is 48.5 Å². The molecule has 47 heavy (non-hydrogen) atoms. The summed E-state index contributed by atoms with van der Waals surface area (Å²) in [7, 11) is 1.24. The third-order valence-corrected chi connectivity index (χ3v) is 7.99. The average molecular weight is 654 g/mol. The maximum atomic E-state index is 13.5. The fraction of sp³-hybridized carbons (Fsp3) is 0.229. The van der Waals surface area contributed by atoms with Crippen molar-refractivity contribution >= 4 is 34.2 Å².